The Hall–Kier alpha value is -0.820. The van der Waals surface area contributed by atoms with Crippen LogP contribution >= 0.6 is 11.3 Å². The molecule has 0 bridgehead atoms. The highest BCUT2D eigenvalue weighted by Gasteiger charge is 2.19. The van der Waals surface area contributed by atoms with Crippen molar-refractivity contribution in [2.24, 2.45) is 0 Å². The number of hydrogen-bond acceptors (Lipinski definition) is 1. The summed E-state index contributed by atoms with van der Waals surface area (Å²) in [7, 11) is 0. The number of aryl methyl sites for hydroxylation is 1. The summed E-state index contributed by atoms with van der Waals surface area (Å²) in [5, 5.41) is 2.85. The summed E-state index contributed by atoms with van der Waals surface area (Å²) in [5.74, 6) is 0. The first kappa shape index (κ1) is 9.72. The van der Waals surface area contributed by atoms with E-state index < -0.39 is 0 Å². The van der Waals surface area contributed by atoms with Crippen LogP contribution in [0.25, 0.3) is 10.8 Å². The first-order chi connectivity index (χ1) is 6.50. The normalized spacial score (nSPS) is 12.3. The lowest BCUT2D eigenvalue weighted by atomic mass is 9.92. The number of hydrogen-bond donors (Lipinski definition) is 0. The Morgan fingerprint density at radius 2 is 1.57 bits per heavy atom. The number of fused-ring (bicyclic) bond motifs is 1. The van der Waals surface area contributed by atoms with Gasteiger partial charge in [0.1, 0.15) is 0 Å². The zero-order valence-corrected chi connectivity index (χ0v) is 10.0. The molecule has 0 unspecified atom stereocenters. The average Bonchev–Trinajstić information content (AvgIpc) is 2.44. The number of thiophene rings is 1. The Labute approximate surface area is 89.6 Å². The minimum Gasteiger partial charge on any atom is -0.144 e. The monoisotopic (exact) mass is 204 g/mol. The van der Waals surface area contributed by atoms with Crippen LogP contribution in [-0.4, -0.2) is 0 Å². The van der Waals surface area contributed by atoms with E-state index in [2.05, 4.69) is 52.0 Å². The van der Waals surface area contributed by atoms with Gasteiger partial charge in [0, 0.05) is 9.75 Å². The van der Waals surface area contributed by atoms with Crippen molar-refractivity contribution >= 4 is 22.1 Å². The molecule has 74 valence electrons. The second-order valence-corrected chi connectivity index (χ2v) is 6.01. The van der Waals surface area contributed by atoms with Gasteiger partial charge in [0.15, 0.2) is 0 Å². The largest absolute Gasteiger partial charge is 0.144 e. The molecule has 14 heavy (non-hydrogen) atoms. The Bertz CT molecular complexity index is 458. The molecular weight excluding hydrogens is 188 g/mol. The van der Waals surface area contributed by atoms with Crippen LogP contribution in [0.2, 0.25) is 0 Å². The second kappa shape index (κ2) is 3.09. The smallest absolute Gasteiger partial charge is 0.0180 e. The molecule has 1 heterocycles. The van der Waals surface area contributed by atoms with E-state index in [-0.39, 0.29) is 5.41 Å². The van der Waals surface area contributed by atoms with Crippen molar-refractivity contribution in [3.63, 3.8) is 0 Å². The molecule has 0 spiro atoms. The molecule has 0 nitrogen and oxygen atoms in total. The van der Waals surface area contributed by atoms with Crippen molar-refractivity contribution in [2.45, 2.75) is 33.1 Å². The first-order valence-corrected chi connectivity index (χ1v) is 5.80. The summed E-state index contributed by atoms with van der Waals surface area (Å²) in [4.78, 5) is 2.94. The van der Waals surface area contributed by atoms with Crippen LogP contribution in [-0.2, 0) is 5.41 Å². The molecule has 1 heteroatoms. The summed E-state index contributed by atoms with van der Waals surface area (Å²) in [6.07, 6.45) is 0. The third-order valence-corrected chi connectivity index (χ3v) is 4.05. The van der Waals surface area contributed by atoms with Crippen LogP contribution in [0.3, 0.4) is 0 Å². The van der Waals surface area contributed by atoms with Gasteiger partial charge in [-0.05, 0) is 23.1 Å². The Kier molecular flexibility index (Phi) is 2.15. The van der Waals surface area contributed by atoms with Gasteiger partial charge in [-0.25, -0.2) is 0 Å². The predicted octanol–water partition coefficient (Wildman–Crippen LogP) is 4.51. The summed E-state index contributed by atoms with van der Waals surface area (Å²) in [5.41, 5.74) is 0.262. The van der Waals surface area contributed by atoms with Crippen LogP contribution in [0.1, 0.15) is 30.5 Å². The highest BCUT2D eigenvalue weighted by atomic mass is 32.1. The van der Waals surface area contributed by atoms with E-state index in [0.717, 1.165) is 0 Å². The predicted molar refractivity (Wildman–Crippen MR) is 65.3 cm³/mol. The third kappa shape index (κ3) is 1.46. The molecule has 0 aliphatic heterocycles. The number of rotatable bonds is 0. The van der Waals surface area contributed by atoms with Gasteiger partial charge in [-0.15, -0.1) is 11.3 Å². The van der Waals surface area contributed by atoms with E-state index in [1.807, 2.05) is 11.3 Å². The van der Waals surface area contributed by atoms with Crippen LogP contribution in [0, 0.1) is 6.92 Å². The van der Waals surface area contributed by atoms with Gasteiger partial charge in [0.25, 0.3) is 0 Å². The molecule has 0 radical (unpaired) electrons. The maximum Gasteiger partial charge on any atom is 0.0180 e. The lowest BCUT2D eigenvalue weighted by Gasteiger charge is -2.16. The molecule has 0 fully saturated rings. The van der Waals surface area contributed by atoms with Gasteiger partial charge >= 0.3 is 0 Å². The molecule has 0 atom stereocenters. The van der Waals surface area contributed by atoms with Crippen molar-refractivity contribution in [2.75, 3.05) is 0 Å². The van der Waals surface area contributed by atoms with Gasteiger partial charge in [0.2, 0.25) is 0 Å². The van der Waals surface area contributed by atoms with E-state index in [1.165, 1.54) is 20.5 Å². The quantitative estimate of drug-likeness (QED) is 0.592. The SMILES string of the molecule is Cc1sc(C(C)(C)C)c2ccccc12. The molecule has 1 aromatic carbocycles. The van der Waals surface area contributed by atoms with E-state index in [4.69, 9.17) is 0 Å². The minimum absolute atomic E-state index is 0.262. The van der Waals surface area contributed by atoms with Gasteiger partial charge in [-0.2, -0.15) is 0 Å². The standard InChI is InChI=1S/C13H16S/c1-9-10-7-5-6-8-11(10)12(14-9)13(2,3)4/h5-8H,1-4H3. The van der Waals surface area contributed by atoms with E-state index >= 15 is 0 Å². The maximum absolute atomic E-state index is 2.28. The second-order valence-electron chi connectivity index (χ2n) is 4.78. The lowest BCUT2D eigenvalue weighted by molar-refractivity contribution is 0.608. The Balaban J connectivity index is 2.80. The molecule has 2 rings (SSSR count). The zero-order valence-electron chi connectivity index (χ0n) is 9.22. The van der Waals surface area contributed by atoms with Crippen molar-refractivity contribution in [1.29, 1.82) is 0 Å². The first-order valence-electron chi connectivity index (χ1n) is 4.99. The molecule has 0 saturated heterocycles. The fraction of sp³-hybridized carbons (Fsp3) is 0.385. The van der Waals surface area contributed by atoms with Gasteiger partial charge in [-0.3, -0.25) is 0 Å². The van der Waals surface area contributed by atoms with Crippen LogP contribution in [0.5, 0.6) is 0 Å². The molecular formula is C13H16S. The average molecular weight is 204 g/mol. The van der Waals surface area contributed by atoms with Crippen LogP contribution in [0.4, 0.5) is 0 Å². The molecule has 0 aliphatic rings. The van der Waals surface area contributed by atoms with Crippen molar-refractivity contribution in [3.05, 3.63) is 34.0 Å². The van der Waals surface area contributed by atoms with Crippen molar-refractivity contribution in [1.82, 2.24) is 0 Å². The van der Waals surface area contributed by atoms with Crippen LogP contribution in [0.15, 0.2) is 24.3 Å². The lowest BCUT2D eigenvalue weighted by Crippen LogP contribution is -2.08. The highest BCUT2D eigenvalue weighted by molar-refractivity contribution is 7.13. The zero-order chi connectivity index (χ0) is 10.3. The van der Waals surface area contributed by atoms with E-state index in [0.29, 0.717) is 0 Å². The number of benzene rings is 1. The summed E-state index contributed by atoms with van der Waals surface area (Å²) >= 11 is 1.93. The molecule has 0 amide bonds. The highest BCUT2D eigenvalue weighted by Crippen LogP contribution is 2.38. The van der Waals surface area contributed by atoms with Gasteiger partial charge in [-0.1, -0.05) is 45.0 Å². The molecule has 1 aromatic heterocycles. The fourth-order valence-electron chi connectivity index (χ4n) is 1.81. The molecule has 0 saturated carbocycles. The molecule has 0 aliphatic carbocycles. The summed E-state index contributed by atoms with van der Waals surface area (Å²) < 4.78 is 0. The topological polar surface area (TPSA) is 0 Å². The minimum atomic E-state index is 0.262. The van der Waals surface area contributed by atoms with Gasteiger partial charge in [0.05, 0.1) is 0 Å². The van der Waals surface area contributed by atoms with Crippen molar-refractivity contribution < 1.29 is 0 Å². The van der Waals surface area contributed by atoms with Crippen LogP contribution < -0.4 is 0 Å². The fourth-order valence-corrected chi connectivity index (χ4v) is 3.00. The molecule has 0 N–H and O–H groups in total. The third-order valence-electron chi connectivity index (χ3n) is 2.49. The Morgan fingerprint density at radius 1 is 1.00 bits per heavy atom. The van der Waals surface area contributed by atoms with E-state index in [1.54, 1.807) is 0 Å². The van der Waals surface area contributed by atoms with Crippen molar-refractivity contribution in [3.8, 4) is 0 Å². The van der Waals surface area contributed by atoms with E-state index in [9.17, 15) is 0 Å². The Morgan fingerprint density at radius 3 is 2.14 bits per heavy atom. The summed E-state index contributed by atoms with van der Waals surface area (Å²) in [6.45, 7) is 9.06. The maximum atomic E-state index is 2.28. The summed E-state index contributed by atoms with van der Waals surface area (Å²) in [6, 6.07) is 8.70. The van der Waals surface area contributed by atoms with Gasteiger partial charge < -0.3 is 0 Å². The molecule has 2 aromatic rings.